The fourth-order valence-electron chi connectivity index (χ4n) is 2.66. The van der Waals surface area contributed by atoms with E-state index in [0.717, 1.165) is 30.7 Å². The fourth-order valence-corrected chi connectivity index (χ4v) is 2.66. The van der Waals surface area contributed by atoms with Gasteiger partial charge in [-0.15, -0.1) is 0 Å². The average molecular weight is 326 g/mol. The van der Waals surface area contributed by atoms with E-state index in [1.165, 1.54) is 0 Å². The summed E-state index contributed by atoms with van der Waals surface area (Å²) in [5.41, 5.74) is 4.24. The predicted molar refractivity (Wildman–Crippen MR) is 94.8 cm³/mol. The molecule has 1 aliphatic carbocycles. The number of carbonyl (C=O) groups excluding carboxylic acids is 1. The van der Waals surface area contributed by atoms with E-state index in [0.29, 0.717) is 11.6 Å². The van der Waals surface area contributed by atoms with E-state index in [1.54, 1.807) is 24.1 Å². The van der Waals surface area contributed by atoms with Gasteiger partial charge in [-0.05, 0) is 30.6 Å². The maximum Gasteiger partial charge on any atom is 0.228 e. The number of methoxy groups -OCH3 is 1. The highest BCUT2D eigenvalue weighted by atomic mass is 16.5. The van der Waals surface area contributed by atoms with Crippen LogP contribution in [0, 0.1) is 5.92 Å². The number of hydrogen-bond acceptors (Lipinski definition) is 4. The molecule has 0 radical (unpaired) electrons. The average Bonchev–Trinajstić information content (AvgIpc) is 2.91. The first-order valence-electron chi connectivity index (χ1n) is 8.02. The van der Waals surface area contributed by atoms with Crippen LogP contribution in [0.25, 0.3) is 6.08 Å². The Morgan fingerprint density at radius 2 is 2.33 bits per heavy atom. The quantitative estimate of drug-likeness (QED) is 0.623. The lowest BCUT2D eigenvalue weighted by molar-refractivity contribution is -0.122. The minimum atomic E-state index is -0.0775. The molecule has 24 heavy (non-hydrogen) atoms. The van der Waals surface area contributed by atoms with Crippen LogP contribution >= 0.6 is 0 Å². The largest absolute Gasteiger partial charge is 0.497 e. The highest BCUT2D eigenvalue weighted by molar-refractivity contribution is 5.92. The van der Waals surface area contributed by atoms with E-state index in [2.05, 4.69) is 28.9 Å². The number of nitrogens with zero attached hydrogens (tertiary/aromatic N) is 2. The van der Waals surface area contributed by atoms with Crippen molar-refractivity contribution in [3.8, 4) is 0 Å². The first-order chi connectivity index (χ1) is 11.6. The minimum Gasteiger partial charge on any atom is -0.497 e. The van der Waals surface area contributed by atoms with Gasteiger partial charge < -0.3 is 15.5 Å². The number of carbonyl (C=O) groups is 1. The van der Waals surface area contributed by atoms with Gasteiger partial charge >= 0.3 is 0 Å². The van der Waals surface area contributed by atoms with Crippen LogP contribution in [0.4, 0.5) is 5.82 Å². The van der Waals surface area contributed by atoms with Crippen molar-refractivity contribution in [2.24, 2.45) is 5.92 Å². The number of aromatic nitrogens is 2. The Bertz CT molecular complexity index is 725. The van der Waals surface area contributed by atoms with Gasteiger partial charge in [0.25, 0.3) is 0 Å². The third kappa shape index (κ3) is 3.27. The van der Waals surface area contributed by atoms with Crippen molar-refractivity contribution in [3.63, 3.8) is 0 Å². The summed E-state index contributed by atoms with van der Waals surface area (Å²) < 4.78 is 6.89. The van der Waals surface area contributed by atoms with E-state index in [-0.39, 0.29) is 17.9 Å². The first kappa shape index (κ1) is 16.1. The van der Waals surface area contributed by atoms with Crippen LogP contribution in [0.5, 0.6) is 0 Å². The third-order valence-electron chi connectivity index (χ3n) is 4.36. The summed E-state index contributed by atoms with van der Waals surface area (Å²) in [5, 5.41) is 2.89. The molecule has 1 aromatic rings. The van der Waals surface area contributed by atoms with Crippen molar-refractivity contribution in [1.29, 1.82) is 0 Å². The molecule has 1 aliphatic heterocycles. The van der Waals surface area contributed by atoms with Gasteiger partial charge in [-0.25, -0.2) is 9.66 Å². The van der Waals surface area contributed by atoms with Crippen LogP contribution in [0.15, 0.2) is 48.9 Å². The van der Waals surface area contributed by atoms with E-state index >= 15 is 0 Å². The van der Waals surface area contributed by atoms with Gasteiger partial charge in [-0.1, -0.05) is 31.7 Å². The Kier molecular flexibility index (Phi) is 4.55. The molecule has 0 aromatic carbocycles. The van der Waals surface area contributed by atoms with Crippen molar-refractivity contribution in [3.05, 3.63) is 54.7 Å². The molecule has 2 N–H and O–H groups in total. The van der Waals surface area contributed by atoms with Crippen molar-refractivity contribution >= 4 is 17.8 Å². The lowest BCUT2D eigenvalue weighted by Crippen LogP contribution is -2.30. The first-order valence-corrected chi connectivity index (χ1v) is 8.02. The molecule has 0 saturated heterocycles. The van der Waals surface area contributed by atoms with Crippen molar-refractivity contribution < 1.29 is 9.53 Å². The maximum atomic E-state index is 12.0. The highest BCUT2D eigenvalue weighted by Crippen LogP contribution is 2.27. The molecule has 1 saturated carbocycles. The van der Waals surface area contributed by atoms with Gasteiger partial charge in [-0.3, -0.25) is 4.79 Å². The Hall–Kier alpha value is -2.76. The van der Waals surface area contributed by atoms with Gasteiger partial charge in [0.1, 0.15) is 5.76 Å². The number of imidazole rings is 1. The summed E-state index contributed by atoms with van der Waals surface area (Å²) in [5.74, 6) is 2.05. The number of rotatable bonds is 6. The summed E-state index contributed by atoms with van der Waals surface area (Å²) in [7, 11) is 1.58. The summed E-state index contributed by atoms with van der Waals surface area (Å²) in [4.78, 5) is 16.5. The molecule has 2 heterocycles. The normalized spacial score (nSPS) is 19.7. The number of hydrogen-bond donors (Lipinski definition) is 2. The summed E-state index contributed by atoms with van der Waals surface area (Å²) in [6.07, 6.45) is 12.3. The minimum absolute atomic E-state index is 0.0558. The van der Waals surface area contributed by atoms with Gasteiger partial charge in [0.05, 0.1) is 19.3 Å². The molecule has 1 fully saturated rings. The Morgan fingerprint density at radius 3 is 2.96 bits per heavy atom. The second-order valence-electron chi connectivity index (χ2n) is 5.96. The SMILES string of the molecule is C=C/C(=C\C(=C)OC)C1C=Cc2nc(NC(=O)C3CCC3)cn2N1. The molecule has 1 unspecified atom stereocenters. The molecule has 126 valence electrons. The van der Waals surface area contributed by atoms with Gasteiger partial charge in [0, 0.05) is 5.92 Å². The van der Waals surface area contributed by atoms with Crippen molar-refractivity contribution in [2.45, 2.75) is 25.3 Å². The van der Waals surface area contributed by atoms with Gasteiger partial charge in [-0.2, -0.15) is 0 Å². The number of nitrogens with one attached hydrogen (secondary N) is 2. The van der Waals surface area contributed by atoms with Crippen LogP contribution in [-0.2, 0) is 9.53 Å². The molecule has 0 spiro atoms. The Balaban J connectivity index is 1.71. The molecular weight excluding hydrogens is 304 g/mol. The van der Waals surface area contributed by atoms with E-state index in [9.17, 15) is 4.79 Å². The van der Waals surface area contributed by atoms with Crippen LogP contribution in [0.3, 0.4) is 0 Å². The monoisotopic (exact) mass is 326 g/mol. The van der Waals surface area contributed by atoms with Crippen LogP contribution in [-0.4, -0.2) is 28.7 Å². The standard InChI is InChI=1S/C18H22N4O2/c1-4-13(10-12(2)24-3)15-8-9-17-19-16(11-22(17)21-15)20-18(23)14-6-5-7-14/h4,8-11,14-15,21H,1-2,5-7H2,3H3,(H,20,23)/b13-10+. The number of amides is 1. The lowest BCUT2D eigenvalue weighted by atomic mass is 9.85. The van der Waals surface area contributed by atoms with E-state index in [1.807, 2.05) is 18.2 Å². The number of allylic oxidation sites excluding steroid dienone is 1. The van der Waals surface area contributed by atoms with Gasteiger partial charge in [0.2, 0.25) is 5.91 Å². The molecule has 0 bridgehead atoms. The van der Waals surface area contributed by atoms with Crippen LogP contribution < -0.4 is 10.7 Å². The third-order valence-corrected chi connectivity index (χ3v) is 4.36. The lowest BCUT2D eigenvalue weighted by Gasteiger charge is -2.23. The molecule has 1 aromatic heterocycles. The van der Waals surface area contributed by atoms with Crippen molar-refractivity contribution in [2.75, 3.05) is 17.9 Å². The zero-order valence-corrected chi connectivity index (χ0v) is 13.8. The number of ether oxygens (including phenoxy) is 1. The van der Waals surface area contributed by atoms with Crippen molar-refractivity contribution in [1.82, 2.24) is 9.66 Å². The number of fused-ring (bicyclic) bond motifs is 1. The Labute approximate surface area is 141 Å². The zero-order chi connectivity index (χ0) is 17.1. The predicted octanol–water partition coefficient (Wildman–Crippen LogP) is 2.83. The molecule has 2 aliphatic rings. The topological polar surface area (TPSA) is 68.2 Å². The maximum absolute atomic E-state index is 12.0. The fraction of sp³-hybridized carbons (Fsp3) is 0.333. The second-order valence-corrected chi connectivity index (χ2v) is 5.96. The highest BCUT2D eigenvalue weighted by Gasteiger charge is 2.26. The second kappa shape index (κ2) is 6.78. The molecule has 6 nitrogen and oxygen atoms in total. The summed E-state index contributed by atoms with van der Waals surface area (Å²) >= 11 is 0. The molecule has 6 heteroatoms. The van der Waals surface area contributed by atoms with E-state index < -0.39 is 0 Å². The molecular formula is C18H22N4O2. The summed E-state index contributed by atoms with van der Waals surface area (Å²) in [6.45, 7) is 7.64. The molecule has 1 atom stereocenters. The van der Waals surface area contributed by atoms with Gasteiger partial charge in [0.15, 0.2) is 11.6 Å². The van der Waals surface area contributed by atoms with Crippen LogP contribution in [0.1, 0.15) is 25.1 Å². The van der Waals surface area contributed by atoms with Crippen LogP contribution in [0.2, 0.25) is 0 Å². The van der Waals surface area contributed by atoms with E-state index in [4.69, 9.17) is 4.74 Å². The zero-order valence-electron chi connectivity index (χ0n) is 13.8. The smallest absolute Gasteiger partial charge is 0.228 e. The summed E-state index contributed by atoms with van der Waals surface area (Å²) in [6, 6.07) is -0.0775. The molecule has 1 amide bonds. The Morgan fingerprint density at radius 1 is 1.54 bits per heavy atom. The number of anilines is 1. The molecule has 3 rings (SSSR count).